The third-order valence-corrected chi connectivity index (χ3v) is 4.57. The Hall–Kier alpha value is 0.0900. The SMILES string of the molecule is C=C(CC)C[S+]1CCCC1. The molecule has 0 aliphatic carbocycles. The number of rotatable bonds is 3. The van der Waals surface area contributed by atoms with Crippen LogP contribution in [0.5, 0.6) is 0 Å². The molecular weight excluding hydrogens is 140 g/mol. The number of hydrogen-bond acceptors (Lipinski definition) is 0. The molecule has 1 rings (SSSR count). The van der Waals surface area contributed by atoms with Crippen molar-refractivity contribution in [2.45, 2.75) is 26.2 Å². The third-order valence-electron chi connectivity index (χ3n) is 2.02. The van der Waals surface area contributed by atoms with Crippen LogP contribution in [0.3, 0.4) is 0 Å². The maximum atomic E-state index is 4.04. The molecule has 0 radical (unpaired) electrons. The lowest BCUT2D eigenvalue weighted by Crippen LogP contribution is -2.09. The zero-order valence-electron chi connectivity index (χ0n) is 6.86. The van der Waals surface area contributed by atoms with E-state index in [0.29, 0.717) is 0 Å². The summed E-state index contributed by atoms with van der Waals surface area (Å²) in [5.41, 5.74) is 1.46. The van der Waals surface area contributed by atoms with Crippen molar-refractivity contribution in [2.75, 3.05) is 17.3 Å². The van der Waals surface area contributed by atoms with Crippen molar-refractivity contribution in [3.05, 3.63) is 12.2 Å². The van der Waals surface area contributed by atoms with Crippen molar-refractivity contribution in [1.29, 1.82) is 0 Å². The summed E-state index contributed by atoms with van der Waals surface area (Å²) in [6.45, 7) is 6.25. The topological polar surface area (TPSA) is 0 Å². The highest BCUT2D eigenvalue weighted by atomic mass is 32.2. The normalized spacial score (nSPS) is 19.7. The van der Waals surface area contributed by atoms with Gasteiger partial charge in [-0.15, -0.1) is 0 Å². The molecule has 1 aliphatic heterocycles. The number of hydrogen-bond donors (Lipinski definition) is 0. The maximum Gasteiger partial charge on any atom is 0.129 e. The highest BCUT2D eigenvalue weighted by Crippen LogP contribution is 2.16. The van der Waals surface area contributed by atoms with Crippen LogP contribution in [0.25, 0.3) is 0 Å². The molecule has 58 valence electrons. The summed E-state index contributed by atoms with van der Waals surface area (Å²) in [5, 5.41) is 0. The molecule has 0 atom stereocenters. The Morgan fingerprint density at radius 1 is 1.40 bits per heavy atom. The second-order valence-corrected chi connectivity index (χ2v) is 5.31. The maximum absolute atomic E-state index is 4.04. The second-order valence-electron chi connectivity index (χ2n) is 2.98. The van der Waals surface area contributed by atoms with E-state index in [9.17, 15) is 0 Å². The van der Waals surface area contributed by atoms with Gasteiger partial charge in [0, 0.05) is 0 Å². The van der Waals surface area contributed by atoms with Crippen LogP contribution in [0.4, 0.5) is 0 Å². The minimum Gasteiger partial charge on any atom is -0.0952 e. The summed E-state index contributed by atoms with van der Waals surface area (Å²) < 4.78 is 0. The molecule has 10 heavy (non-hydrogen) atoms. The molecule has 0 nitrogen and oxygen atoms in total. The summed E-state index contributed by atoms with van der Waals surface area (Å²) in [6.07, 6.45) is 4.13. The molecule has 0 N–H and O–H groups in total. The van der Waals surface area contributed by atoms with Gasteiger partial charge in [-0.1, -0.05) is 13.5 Å². The van der Waals surface area contributed by atoms with Crippen molar-refractivity contribution >= 4 is 10.9 Å². The van der Waals surface area contributed by atoms with Crippen molar-refractivity contribution in [1.82, 2.24) is 0 Å². The van der Waals surface area contributed by atoms with Gasteiger partial charge in [0.05, 0.1) is 0 Å². The van der Waals surface area contributed by atoms with Gasteiger partial charge in [-0.05, 0) is 35.7 Å². The Balaban J connectivity index is 2.17. The quantitative estimate of drug-likeness (QED) is 0.436. The summed E-state index contributed by atoms with van der Waals surface area (Å²) >= 11 is 0. The van der Waals surface area contributed by atoms with Crippen molar-refractivity contribution in [2.24, 2.45) is 0 Å². The molecule has 0 unspecified atom stereocenters. The van der Waals surface area contributed by atoms with Crippen molar-refractivity contribution in [3.63, 3.8) is 0 Å². The average molecular weight is 157 g/mol. The fraction of sp³-hybridized carbons (Fsp3) is 0.778. The van der Waals surface area contributed by atoms with Gasteiger partial charge in [-0.2, -0.15) is 0 Å². The highest BCUT2D eigenvalue weighted by Gasteiger charge is 2.23. The van der Waals surface area contributed by atoms with Crippen LogP contribution in [-0.2, 0) is 10.9 Å². The molecule has 0 bridgehead atoms. The minimum atomic E-state index is 0.743. The molecule has 0 spiro atoms. The van der Waals surface area contributed by atoms with Gasteiger partial charge in [-0.25, -0.2) is 0 Å². The van der Waals surface area contributed by atoms with Crippen LogP contribution < -0.4 is 0 Å². The fourth-order valence-electron chi connectivity index (χ4n) is 1.25. The first kappa shape index (κ1) is 8.19. The van der Waals surface area contributed by atoms with Gasteiger partial charge in [-0.3, -0.25) is 0 Å². The Morgan fingerprint density at radius 3 is 2.50 bits per heavy atom. The monoisotopic (exact) mass is 157 g/mol. The van der Waals surface area contributed by atoms with Gasteiger partial charge >= 0.3 is 0 Å². The van der Waals surface area contributed by atoms with Crippen LogP contribution in [0.15, 0.2) is 12.2 Å². The highest BCUT2D eigenvalue weighted by molar-refractivity contribution is 7.97. The van der Waals surface area contributed by atoms with Gasteiger partial charge in [0.2, 0.25) is 0 Å². The van der Waals surface area contributed by atoms with Gasteiger partial charge < -0.3 is 0 Å². The van der Waals surface area contributed by atoms with Crippen LogP contribution >= 0.6 is 0 Å². The van der Waals surface area contributed by atoms with E-state index in [4.69, 9.17) is 0 Å². The van der Waals surface area contributed by atoms with Gasteiger partial charge in [0.15, 0.2) is 0 Å². The summed E-state index contributed by atoms with van der Waals surface area (Å²) in [7, 11) is 0.743. The molecule has 1 heteroatoms. The van der Waals surface area contributed by atoms with E-state index in [0.717, 1.165) is 10.9 Å². The second kappa shape index (κ2) is 4.07. The standard InChI is InChI=1S/C9H17S/c1-3-9(2)8-10-6-4-5-7-10/h2-8H2,1H3/q+1. The lowest BCUT2D eigenvalue weighted by atomic mass is 10.3. The van der Waals surface area contributed by atoms with E-state index in [-0.39, 0.29) is 0 Å². The Labute approximate surface area is 67.1 Å². The van der Waals surface area contributed by atoms with E-state index in [1.54, 1.807) is 0 Å². The zero-order valence-corrected chi connectivity index (χ0v) is 7.67. The van der Waals surface area contributed by atoms with Crippen LogP contribution in [-0.4, -0.2) is 17.3 Å². The summed E-state index contributed by atoms with van der Waals surface area (Å²) in [6, 6.07) is 0. The fourth-order valence-corrected chi connectivity index (χ4v) is 3.75. The van der Waals surface area contributed by atoms with E-state index in [1.165, 1.54) is 42.1 Å². The Morgan fingerprint density at radius 2 is 2.00 bits per heavy atom. The predicted molar refractivity (Wildman–Crippen MR) is 50.6 cm³/mol. The van der Waals surface area contributed by atoms with Crippen LogP contribution in [0.2, 0.25) is 0 Å². The smallest absolute Gasteiger partial charge is 0.0952 e. The van der Waals surface area contributed by atoms with E-state index in [2.05, 4.69) is 13.5 Å². The van der Waals surface area contributed by atoms with E-state index < -0.39 is 0 Å². The largest absolute Gasteiger partial charge is 0.129 e. The molecule has 0 aromatic rings. The van der Waals surface area contributed by atoms with Crippen molar-refractivity contribution < 1.29 is 0 Å². The Kier molecular flexibility index (Phi) is 3.33. The minimum absolute atomic E-state index is 0.743. The lowest BCUT2D eigenvalue weighted by molar-refractivity contribution is 0.949. The Bertz CT molecular complexity index is 112. The molecule has 1 aliphatic rings. The van der Waals surface area contributed by atoms with Crippen LogP contribution in [0.1, 0.15) is 26.2 Å². The molecule has 1 saturated heterocycles. The summed E-state index contributed by atoms with van der Waals surface area (Å²) in [4.78, 5) is 0. The molecule has 0 amide bonds. The first-order chi connectivity index (χ1) is 4.83. The van der Waals surface area contributed by atoms with Gasteiger partial charge in [0.1, 0.15) is 17.3 Å². The van der Waals surface area contributed by atoms with Gasteiger partial charge in [0.25, 0.3) is 0 Å². The van der Waals surface area contributed by atoms with E-state index >= 15 is 0 Å². The molecular formula is C9H17S+. The molecule has 0 aromatic carbocycles. The molecule has 0 aromatic heterocycles. The zero-order chi connectivity index (χ0) is 7.40. The van der Waals surface area contributed by atoms with E-state index in [1.807, 2.05) is 0 Å². The summed E-state index contributed by atoms with van der Waals surface area (Å²) in [5.74, 6) is 4.30. The van der Waals surface area contributed by atoms with Crippen LogP contribution in [0, 0.1) is 0 Å². The molecule has 0 saturated carbocycles. The predicted octanol–water partition coefficient (Wildman–Crippen LogP) is 2.36. The van der Waals surface area contributed by atoms with Crippen molar-refractivity contribution in [3.8, 4) is 0 Å². The first-order valence-electron chi connectivity index (χ1n) is 4.13. The third kappa shape index (κ3) is 2.37. The average Bonchev–Trinajstić information content (AvgIpc) is 2.40. The lowest BCUT2D eigenvalue weighted by Gasteiger charge is -2.00. The molecule has 1 heterocycles. The molecule has 1 fully saturated rings. The first-order valence-corrected chi connectivity index (χ1v) is 5.87.